The molecular weight excluding hydrogens is 334 g/mol. The van der Waals surface area contributed by atoms with E-state index in [9.17, 15) is 0 Å². The van der Waals surface area contributed by atoms with E-state index in [-0.39, 0.29) is 5.60 Å². The van der Waals surface area contributed by atoms with Crippen LogP contribution in [0.2, 0.25) is 0 Å². The molecule has 1 heterocycles. The van der Waals surface area contributed by atoms with E-state index in [0.717, 1.165) is 44.7 Å². The van der Waals surface area contributed by atoms with Crippen molar-refractivity contribution < 1.29 is 9.47 Å². The number of rotatable bonds is 7. The minimum atomic E-state index is -0.0607. The van der Waals surface area contributed by atoms with Crippen molar-refractivity contribution in [3.8, 4) is 0 Å². The molecule has 0 saturated heterocycles. The first-order valence-corrected chi connectivity index (χ1v) is 9.98. The highest BCUT2D eigenvalue weighted by atomic mass is 16.5. The van der Waals surface area contributed by atoms with Crippen molar-refractivity contribution in [1.29, 1.82) is 0 Å². The van der Waals surface area contributed by atoms with Gasteiger partial charge in [-0.1, -0.05) is 60.7 Å². The van der Waals surface area contributed by atoms with Crippen LogP contribution in [0.4, 0.5) is 0 Å². The van der Waals surface area contributed by atoms with E-state index in [1.807, 2.05) is 6.07 Å². The van der Waals surface area contributed by atoms with Gasteiger partial charge in [0.1, 0.15) is 5.60 Å². The molecule has 2 aromatic carbocycles. The van der Waals surface area contributed by atoms with Gasteiger partial charge in [0.05, 0.1) is 18.5 Å². The van der Waals surface area contributed by atoms with Gasteiger partial charge in [0, 0.05) is 38.9 Å². The summed E-state index contributed by atoms with van der Waals surface area (Å²) in [6, 6.07) is 21.1. The first-order chi connectivity index (χ1) is 13.2. The van der Waals surface area contributed by atoms with E-state index >= 15 is 0 Å². The summed E-state index contributed by atoms with van der Waals surface area (Å²) in [4.78, 5) is 2.47. The molecular formula is C24H29NO2. The molecule has 142 valence electrons. The standard InChI is InChI=1S/C24H29NO2/c1-24(16-23(17-24)26-19-21-10-6-3-7-11-21)27-22-12-14-25(15-13-22)18-20-8-4-2-5-9-20/h2-12,23H,13-19H2,1H3. The molecule has 1 aliphatic carbocycles. The van der Waals surface area contributed by atoms with Crippen LogP contribution in [0.5, 0.6) is 0 Å². The Labute approximate surface area is 162 Å². The maximum atomic E-state index is 6.35. The molecule has 4 rings (SSSR count). The summed E-state index contributed by atoms with van der Waals surface area (Å²) in [6.45, 7) is 5.95. The Morgan fingerprint density at radius 1 is 0.963 bits per heavy atom. The predicted molar refractivity (Wildman–Crippen MR) is 108 cm³/mol. The molecule has 2 aliphatic rings. The molecule has 27 heavy (non-hydrogen) atoms. The van der Waals surface area contributed by atoms with Crippen LogP contribution in [0.3, 0.4) is 0 Å². The molecule has 1 fully saturated rings. The molecule has 0 amide bonds. The van der Waals surface area contributed by atoms with Gasteiger partial charge < -0.3 is 9.47 Å². The van der Waals surface area contributed by atoms with E-state index in [0.29, 0.717) is 12.7 Å². The van der Waals surface area contributed by atoms with Gasteiger partial charge in [0.2, 0.25) is 0 Å². The van der Waals surface area contributed by atoms with Gasteiger partial charge in [-0.05, 0) is 24.1 Å². The molecule has 1 saturated carbocycles. The lowest BCUT2D eigenvalue weighted by Crippen LogP contribution is -2.48. The Balaban J connectivity index is 1.20. The molecule has 0 N–H and O–H groups in total. The zero-order valence-corrected chi connectivity index (χ0v) is 16.1. The van der Waals surface area contributed by atoms with Crippen LogP contribution in [0, 0.1) is 0 Å². The molecule has 0 aromatic heterocycles. The van der Waals surface area contributed by atoms with Crippen LogP contribution in [-0.4, -0.2) is 29.7 Å². The molecule has 0 unspecified atom stereocenters. The van der Waals surface area contributed by atoms with Crippen LogP contribution < -0.4 is 0 Å². The lowest BCUT2D eigenvalue weighted by atomic mass is 9.78. The maximum Gasteiger partial charge on any atom is 0.111 e. The zero-order chi connectivity index (χ0) is 18.5. The van der Waals surface area contributed by atoms with E-state index in [1.54, 1.807) is 0 Å². The number of hydrogen-bond acceptors (Lipinski definition) is 3. The summed E-state index contributed by atoms with van der Waals surface area (Å²) in [5, 5.41) is 0. The summed E-state index contributed by atoms with van der Waals surface area (Å²) in [5.41, 5.74) is 2.55. The second-order valence-electron chi connectivity index (χ2n) is 8.02. The van der Waals surface area contributed by atoms with Crippen molar-refractivity contribution in [2.45, 2.75) is 51.0 Å². The normalized spacial score (nSPS) is 25.5. The molecule has 3 heteroatoms. The van der Waals surface area contributed by atoms with Gasteiger partial charge in [-0.15, -0.1) is 0 Å². The zero-order valence-electron chi connectivity index (χ0n) is 16.1. The van der Waals surface area contributed by atoms with Gasteiger partial charge in [0.25, 0.3) is 0 Å². The number of benzene rings is 2. The topological polar surface area (TPSA) is 21.7 Å². The van der Waals surface area contributed by atoms with Gasteiger partial charge in [0.15, 0.2) is 0 Å². The van der Waals surface area contributed by atoms with E-state index in [2.05, 4.69) is 72.5 Å². The quantitative estimate of drug-likeness (QED) is 0.696. The minimum absolute atomic E-state index is 0.0607. The lowest BCUT2D eigenvalue weighted by Gasteiger charge is -2.45. The second kappa shape index (κ2) is 8.28. The van der Waals surface area contributed by atoms with Crippen LogP contribution in [-0.2, 0) is 22.6 Å². The average molecular weight is 364 g/mol. The predicted octanol–water partition coefficient (Wildman–Crippen LogP) is 4.93. The van der Waals surface area contributed by atoms with E-state index in [4.69, 9.17) is 9.47 Å². The summed E-state index contributed by atoms with van der Waals surface area (Å²) in [6.07, 6.45) is 5.53. The van der Waals surface area contributed by atoms with Crippen molar-refractivity contribution in [2.24, 2.45) is 0 Å². The number of hydrogen-bond donors (Lipinski definition) is 0. The molecule has 0 spiro atoms. The highest BCUT2D eigenvalue weighted by Crippen LogP contribution is 2.40. The van der Waals surface area contributed by atoms with Crippen LogP contribution in [0.25, 0.3) is 0 Å². The van der Waals surface area contributed by atoms with Crippen molar-refractivity contribution in [3.63, 3.8) is 0 Å². The van der Waals surface area contributed by atoms with Crippen molar-refractivity contribution in [1.82, 2.24) is 4.90 Å². The lowest BCUT2D eigenvalue weighted by molar-refractivity contribution is -0.148. The third kappa shape index (κ3) is 5.00. The van der Waals surface area contributed by atoms with Gasteiger partial charge in [-0.3, -0.25) is 4.90 Å². The number of nitrogens with zero attached hydrogens (tertiary/aromatic N) is 1. The fourth-order valence-corrected chi connectivity index (χ4v) is 3.98. The van der Waals surface area contributed by atoms with Gasteiger partial charge in [-0.25, -0.2) is 0 Å². The molecule has 1 aliphatic heterocycles. The van der Waals surface area contributed by atoms with Crippen LogP contribution in [0.15, 0.2) is 72.5 Å². The minimum Gasteiger partial charge on any atom is -0.492 e. The number of ether oxygens (including phenoxy) is 2. The first kappa shape index (κ1) is 18.3. The average Bonchev–Trinajstić information content (AvgIpc) is 2.68. The molecule has 0 bridgehead atoms. The van der Waals surface area contributed by atoms with Gasteiger partial charge in [-0.2, -0.15) is 0 Å². The summed E-state index contributed by atoms with van der Waals surface area (Å²) < 4.78 is 12.4. The summed E-state index contributed by atoms with van der Waals surface area (Å²) in [7, 11) is 0. The molecule has 3 nitrogen and oxygen atoms in total. The maximum absolute atomic E-state index is 6.35. The highest BCUT2D eigenvalue weighted by molar-refractivity contribution is 5.16. The van der Waals surface area contributed by atoms with E-state index < -0.39 is 0 Å². The monoisotopic (exact) mass is 363 g/mol. The third-order valence-electron chi connectivity index (χ3n) is 5.53. The fraction of sp³-hybridized carbons (Fsp3) is 0.417. The summed E-state index contributed by atoms with van der Waals surface area (Å²) in [5.74, 6) is 1.16. The first-order valence-electron chi connectivity index (χ1n) is 9.98. The molecule has 2 aromatic rings. The Kier molecular flexibility index (Phi) is 5.61. The van der Waals surface area contributed by atoms with Crippen LogP contribution >= 0.6 is 0 Å². The highest BCUT2D eigenvalue weighted by Gasteiger charge is 2.43. The molecule has 0 radical (unpaired) electrons. The van der Waals surface area contributed by atoms with Crippen molar-refractivity contribution >= 4 is 0 Å². The fourth-order valence-electron chi connectivity index (χ4n) is 3.98. The Morgan fingerprint density at radius 3 is 2.26 bits per heavy atom. The second-order valence-corrected chi connectivity index (χ2v) is 8.02. The van der Waals surface area contributed by atoms with Crippen LogP contribution in [0.1, 0.15) is 37.3 Å². The smallest absolute Gasteiger partial charge is 0.111 e. The summed E-state index contributed by atoms with van der Waals surface area (Å²) >= 11 is 0. The Hall–Kier alpha value is -2.10. The Morgan fingerprint density at radius 2 is 1.63 bits per heavy atom. The Bertz CT molecular complexity index is 750. The molecule has 0 atom stereocenters. The van der Waals surface area contributed by atoms with Crippen molar-refractivity contribution in [3.05, 3.63) is 83.6 Å². The van der Waals surface area contributed by atoms with Crippen molar-refractivity contribution in [2.75, 3.05) is 13.1 Å². The third-order valence-corrected chi connectivity index (χ3v) is 5.53. The van der Waals surface area contributed by atoms with Gasteiger partial charge >= 0.3 is 0 Å². The SMILES string of the molecule is CC1(OC2=CCN(Cc3ccccc3)CC2)CC(OCc2ccccc2)C1. The largest absolute Gasteiger partial charge is 0.492 e. The van der Waals surface area contributed by atoms with E-state index in [1.165, 1.54) is 11.1 Å².